The van der Waals surface area contributed by atoms with E-state index in [1.807, 2.05) is 13.0 Å². The van der Waals surface area contributed by atoms with Crippen LogP contribution >= 0.6 is 0 Å². The normalized spacial score (nSPS) is 19.5. The zero-order valence-corrected chi connectivity index (χ0v) is 14.0. The van der Waals surface area contributed by atoms with Crippen molar-refractivity contribution >= 4 is 23.3 Å². The highest BCUT2D eigenvalue weighted by Gasteiger charge is 2.45. The zero-order chi connectivity index (χ0) is 18.6. The van der Waals surface area contributed by atoms with Crippen molar-refractivity contribution in [2.24, 2.45) is 0 Å². The number of hydrogen-bond acceptors (Lipinski definition) is 6. The molecule has 1 aromatic rings. The van der Waals surface area contributed by atoms with Crippen LogP contribution in [-0.4, -0.2) is 40.4 Å². The third-order valence-electron chi connectivity index (χ3n) is 4.25. The lowest BCUT2D eigenvalue weighted by atomic mass is 9.99. The number of carbonyl (C=O) groups is 2. The molecular formula is C16H19N5O4. The van der Waals surface area contributed by atoms with Crippen molar-refractivity contribution in [1.82, 2.24) is 10.2 Å². The number of nitro benzene ring substituents is 1. The third-order valence-corrected chi connectivity index (χ3v) is 4.25. The molecule has 1 aromatic carbocycles. The fourth-order valence-corrected chi connectivity index (χ4v) is 2.55. The number of urea groups is 1. The molecule has 9 nitrogen and oxygen atoms in total. The summed E-state index contributed by atoms with van der Waals surface area (Å²) in [5.74, 6) is -0.260. The van der Waals surface area contributed by atoms with Crippen LogP contribution < -0.4 is 10.6 Å². The van der Waals surface area contributed by atoms with E-state index in [-0.39, 0.29) is 23.7 Å². The lowest BCUT2D eigenvalue weighted by Crippen LogP contribution is -2.43. The number of imide groups is 1. The molecule has 3 amide bonds. The van der Waals surface area contributed by atoms with E-state index in [1.165, 1.54) is 23.1 Å². The van der Waals surface area contributed by atoms with Gasteiger partial charge in [-0.2, -0.15) is 5.26 Å². The van der Waals surface area contributed by atoms with Gasteiger partial charge in [-0.1, -0.05) is 6.92 Å². The topological polar surface area (TPSA) is 128 Å². The number of nitrogens with zero attached hydrogens (tertiary/aromatic N) is 3. The summed E-state index contributed by atoms with van der Waals surface area (Å²) in [4.78, 5) is 35.8. The van der Waals surface area contributed by atoms with Crippen LogP contribution in [-0.2, 0) is 4.79 Å². The first-order valence-corrected chi connectivity index (χ1v) is 7.89. The van der Waals surface area contributed by atoms with E-state index >= 15 is 0 Å². The highest BCUT2D eigenvalue weighted by molar-refractivity contribution is 6.06. The summed E-state index contributed by atoms with van der Waals surface area (Å²) in [6.07, 6.45) is 0.944. The van der Waals surface area contributed by atoms with Gasteiger partial charge >= 0.3 is 6.03 Å². The van der Waals surface area contributed by atoms with Gasteiger partial charge in [-0.15, -0.1) is 0 Å². The number of nitro groups is 1. The van der Waals surface area contributed by atoms with Gasteiger partial charge in [-0.05, 0) is 31.9 Å². The zero-order valence-electron chi connectivity index (χ0n) is 14.0. The van der Waals surface area contributed by atoms with Gasteiger partial charge in [-0.25, -0.2) is 4.79 Å². The molecule has 1 heterocycles. The molecule has 2 rings (SSSR count). The van der Waals surface area contributed by atoms with Crippen molar-refractivity contribution in [3.05, 3.63) is 33.9 Å². The van der Waals surface area contributed by atoms with E-state index in [0.717, 1.165) is 0 Å². The summed E-state index contributed by atoms with van der Waals surface area (Å²) in [5.41, 5.74) is -0.557. The van der Waals surface area contributed by atoms with Gasteiger partial charge in [0.05, 0.1) is 16.6 Å². The molecular weight excluding hydrogens is 326 g/mol. The molecule has 0 spiro atoms. The molecule has 0 unspecified atom stereocenters. The fourth-order valence-electron chi connectivity index (χ4n) is 2.55. The van der Waals surface area contributed by atoms with Crippen LogP contribution in [0.25, 0.3) is 0 Å². The average molecular weight is 345 g/mol. The van der Waals surface area contributed by atoms with Gasteiger partial charge in [0.2, 0.25) is 0 Å². The minimum absolute atomic E-state index is 0.187. The Balaban J connectivity index is 1.94. The van der Waals surface area contributed by atoms with Crippen molar-refractivity contribution in [1.29, 1.82) is 5.26 Å². The highest BCUT2D eigenvalue weighted by atomic mass is 16.6. The van der Waals surface area contributed by atoms with E-state index in [4.69, 9.17) is 5.26 Å². The number of benzene rings is 1. The first kappa shape index (κ1) is 18.2. The molecule has 132 valence electrons. The molecule has 1 aliphatic heterocycles. The fraction of sp³-hybridized carbons (Fsp3) is 0.438. The SMILES string of the molecule is CC[C@@]1(C)NC(=O)N(CCCNc2ccc(C#N)cc2[N+](=O)[O-])C1=O. The second-order valence-corrected chi connectivity index (χ2v) is 5.95. The maximum Gasteiger partial charge on any atom is 0.325 e. The quantitative estimate of drug-likeness (QED) is 0.336. The van der Waals surface area contributed by atoms with Crippen molar-refractivity contribution in [2.75, 3.05) is 18.4 Å². The molecule has 25 heavy (non-hydrogen) atoms. The molecule has 9 heteroatoms. The molecule has 0 bridgehead atoms. The van der Waals surface area contributed by atoms with Crippen LogP contribution in [0.3, 0.4) is 0 Å². The van der Waals surface area contributed by atoms with Crippen molar-refractivity contribution in [3.8, 4) is 6.07 Å². The number of nitriles is 1. The summed E-state index contributed by atoms with van der Waals surface area (Å²) in [6.45, 7) is 4.07. The van der Waals surface area contributed by atoms with Crippen molar-refractivity contribution in [3.63, 3.8) is 0 Å². The Kier molecular flexibility index (Phi) is 5.22. The molecule has 1 aliphatic rings. The van der Waals surface area contributed by atoms with Gasteiger partial charge in [-0.3, -0.25) is 19.8 Å². The molecule has 0 radical (unpaired) electrons. The van der Waals surface area contributed by atoms with Crippen LogP contribution in [0.5, 0.6) is 0 Å². The summed E-state index contributed by atoms with van der Waals surface area (Å²) in [7, 11) is 0. The van der Waals surface area contributed by atoms with Gasteiger partial charge in [0.15, 0.2) is 0 Å². The monoisotopic (exact) mass is 345 g/mol. The van der Waals surface area contributed by atoms with E-state index in [1.54, 1.807) is 6.92 Å². The maximum absolute atomic E-state index is 12.2. The number of rotatable bonds is 7. The number of carbonyl (C=O) groups excluding carboxylic acids is 2. The van der Waals surface area contributed by atoms with Gasteiger partial charge in [0, 0.05) is 19.2 Å². The minimum atomic E-state index is -0.865. The second kappa shape index (κ2) is 7.17. The van der Waals surface area contributed by atoms with E-state index in [2.05, 4.69) is 10.6 Å². The Labute approximate surface area is 144 Å². The second-order valence-electron chi connectivity index (χ2n) is 5.95. The highest BCUT2D eigenvalue weighted by Crippen LogP contribution is 2.25. The standard InChI is InChI=1S/C16H19N5O4/c1-3-16(2)14(22)20(15(23)19-16)8-4-7-18-12-6-5-11(10-17)9-13(12)21(24)25/h5-6,9,18H,3-4,7-8H2,1-2H3,(H,19,23)/t16-/m1/s1. The molecule has 0 aromatic heterocycles. The van der Waals surface area contributed by atoms with Crippen LogP contribution in [0.4, 0.5) is 16.2 Å². The Morgan fingerprint density at radius 2 is 2.16 bits per heavy atom. The van der Waals surface area contributed by atoms with Gasteiger partial charge < -0.3 is 10.6 Å². The number of amides is 3. The summed E-state index contributed by atoms with van der Waals surface area (Å²) < 4.78 is 0. The largest absolute Gasteiger partial charge is 0.379 e. The molecule has 1 saturated heterocycles. The summed E-state index contributed by atoms with van der Waals surface area (Å²) in [5, 5.41) is 25.5. The number of nitrogens with one attached hydrogen (secondary N) is 2. The molecule has 2 N–H and O–H groups in total. The van der Waals surface area contributed by atoms with E-state index in [0.29, 0.717) is 25.1 Å². The first-order chi connectivity index (χ1) is 11.8. The Morgan fingerprint density at radius 3 is 2.72 bits per heavy atom. The molecule has 0 saturated carbocycles. The molecule has 0 aliphatic carbocycles. The summed E-state index contributed by atoms with van der Waals surface area (Å²) >= 11 is 0. The van der Waals surface area contributed by atoms with Gasteiger partial charge in [0.25, 0.3) is 11.6 Å². The smallest absolute Gasteiger partial charge is 0.325 e. The van der Waals surface area contributed by atoms with E-state index < -0.39 is 16.5 Å². The Morgan fingerprint density at radius 1 is 1.44 bits per heavy atom. The number of anilines is 1. The molecule has 1 atom stereocenters. The third kappa shape index (κ3) is 3.68. The Hall–Kier alpha value is -3.15. The summed E-state index contributed by atoms with van der Waals surface area (Å²) in [6, 6.07) is 5.60. The van der Waals surface area contributed by atoms with Crippen molar-refractivity contribution in [2.45, 2.75) is 32.2 Å². The van der Waals surface area contributed by atoms with Crippen molar-refractivity contribution < 1.29 is 14.5 Å². The van der Waals surface area contributed by atoms with Gasteiger partial charge in [0.1, 0.15) is 11.2 Å². The maximum atomic E-state index is 12.2. The molecule has 1 fully saturated rings. The average Bonchev–Trinajstić information content (AvgIpc) is 2.81. The number of hydrogen-bond donors (Lipinski definition) is 2. The van der Waals surface area contributed by atoms with Crippen LogP contribution in [0.15, 0.2) is 18.2 Å². The van der Waals surface area contributed by atoms with Crippen LogP contribution in [0, 0.1) is 21.4 Å². The first-order valence-electron chi connectivity index (χ1n) is 7.89. The van der Waals surface area contributed by atoms with Crippen LogP contribution in [0.1, 0.15) is 32.3 Å². The minimum Gasteiger partial charge on any atom is -0.379 e. The van der Waals surface area contributed by atoms with E-state index in [9.17, 15) is 19.7 Å². The van der Waals surface area contributed by atoms with Crippen LogP contribution in [0.2, 0.25) is 0 Å². The lowest BCUT2D eigenvalue weighted by molar-refractivity contribution is -0.384. The predicted octanol–water partition coefficient (Wildman–Crippen LogP) is 1.99. The lowest BCUT2D eigenvalue weighted by Gasteiger charge is -2.19. The Bertz CT molecular complexity index is 757. The predicted molar refractivity (Wildman–Crippen MR) is 89.9 cm³/mol.